The monoisotopic (exact) mass is 400 g/mol. The van der Waals surface area contributed by atoms with E-state index in [9.17, 15) is 5.11 Å². The molecule has 1 fully saturated rings. The molecule has 2 aromatic carbocycles. The van der Waals surface area contributed by atoms with Gasteiger partial charge in [-0.15, -0.1) is 0 Å². The largest absolute Gasteiger partial charge is 0.493 e. The van der Waals surface area contributed by atoms with Gasteiger partial charge in [-0.3, -0.25) is 0 Å². The number of hydrogen-bond acceptors (Lipinski definition) is 7. The second-order valence-electron chi connectivity index (χ2n) is 7.63. The van der Waals surface area contributed by atoms with Crippen LogP contribution in [0.4, 0.5) is 0 Å². The lowest BCUT2D eigenvalue weighted by Crippen LogP contribution is -2.46. The third-order valence-corrected chi connectivity index (χ3v) is 6.20. The molecule has 0 aromatic heterocycles. The van der Waals surface area contributed by atoms with E-state index in [1.807, 2.05) is 24.3 Å². The smallest absolute Gasteiger partial charge is 0.231 e. The van der Waals surface area contributed by atoms with Gasteiger partial charge in [0.2, 0.25) is 18.3 Å². The normalized spacial score (nSPS) is 26.3. The molecule has 1 saturated carbocycles. The van der Waals surface area contributed by atoms with Gasteiger partial charge in [0.15, 0.2) is 23.0 Å². The Hall–Kier alpha value is -2.80. The molecule has 2 heterocycles. The van der Waals surface area contributed by atoms with E-state index in [-0.39, 0.29) is 18.6 Å². The zero-order chi connectivity index (χ0) is 20.2. The van der Waals surface area contributed by atoms with E-state index in [4.69, 9.17) is 28.4 Å². The predicted molar refractivity (Wildman–Crippen MR) is 103 cm³/mol. The van der Waals surface area contributed by atoms with Gasteiger partial charge in [0.1, 0.15) is 5.75 Å². The summed E-state index contributed by atoms with van der Waals surface area (Å²) in [4.78, 5) is 0. The van der Waals surface area contributed by atoms with Crippen LogP contribution < -0.4 is 28.4 Å². The summed E-state index contributed by atoms with van der Waals surface area (Å²) in [6, 6.07) is 7.67. The van der Waals surface area contributed by atoms with Gasteiger partial charge >= 0.3 is 0 Å². The number of benzene rings is 2. The van der Waals surface area contributed by atoms with Gasteiger partial charge in [0, 0.05) is 29.9 Å². The SMILES string of the molecule is COc1cc([C@@H]2c3cc4c(cc3O[C@]3(O)CCC[C@H]23)OCO4)cc(OC)c1OC. The first-order valence-corrected chi connectivity index (χ1v) is 9.73. The van der Waals surface area contributed by atoms with E-state index in [1.54, 1.807) is 21.3 Å². The minimum Gasteiger partial charge on any atom is -0.493 e. The lowest BCUT2D eigenvalue weighted by molar-refractivity contribution is -0.175. The number of aliphatic hydroxyl groups is 1. The molecule has 0 radical (unpaired) electrons. The van der Waals surface area contributed by atoms with Crippen molar-refractivity contribution in [3.8, 4) is 34.5 Å². The number of rotatable bonds is 4. The average Bonchev–Trinajstić information content (AvgIpc) is 3.34. The van der Waals surface area contributed by atoms with Crippen molar-refractivity contribution in [2.45, 2.75) is 31.0 Å². The highest BCUT2D eigenvalue weighted by molar-refractivity contribution is 5.60. The molecule has 5 rings (SSSR count). The third kappa shape index (κ3) is 2.68. The fourth-order valence-corrected chi connectivity index (χ4v) is 4.91. The Kier molecular flexibility index (Phi) is 4.17. The minimum absolute atomic E-state index is 0.0989. The van der Waals surface area contributed by atoms with Crippen LogP contribution in [0.5, 0.6) is 34.5 Å². The molecule has 2 aromatic rings. The molecule has 7 nitrogen and oxygen atoms in total. The van der Waals surface area contributed by atoms with Crippen molar-refractivity contribution in [1.29, 1.82) is 0 Å². The maximum Gasteiger partial charge on any atom is 0.231 e. The van der Waals surface area contributed by atoms with Crippen LogP contribution in [0.2, 0.25) is 0 Å². The van der Waals surface area contributed by atoms with Gasteiger partial charge in [-0.25, -0.2) is 0 Å². The topological polar surface area (TPSA) is 75.6 Å². The summed E-state index contributed by atoms with van der Waals surface area (Å²) in [5.74, 6) is 2.21. The molecule has 0 spiro atoms. The molecule has 0 saturated heterocycles. The van der Waals surface area contributed by atoms with Crippen LogP contribution in [-0.4, -0.2) is 39.0 Å². The highest BCUT2D eigenvalue weighted by Crippen LogP contribution is 2.57. The van der Waals surface area contributed by atoms with Crippen molar-refractivity contribution in [3.63, 3.8) is 0 Å². The van der Waals surface area contributed by atoms with Crippen LogP contribution in [0, 0.1) is 5.92 Å². The van der Waals surface area contributed by atoms with E-state index in [0.29, 0.717) is 40.9 Å². The zero-order valence-corrected chi connectivity index (χ0v) is 16.7. The first-order chi connectivity index (χ1) is 14.1. The maximum absolute atomic E-state index is 11.3. The van der Waals surface area contributed by atoms with Crippen LogP contribution >= 0.6 is 0 Å². The summed E-state index contributed by atoms with van der Waals surface area (Å²) in [6.07, 6.45) is 2.33. The molecule has 1 aliphatic carbocycles. The molecule has 3 atom stereocenters. The Morgan fingerprint density at radius 1 is 0.931 bits per heavy atom. The van der Waals surface area contributed by atoms with Crippen LogP contribution in [0.25, 0.3) is 0 Å². The molecule has 2 aliphatic heterocycles. The fraction of sp³-hybridized carbons (Fsp3) is 0.455. The molecule has 29 heavy (non-hydrogen) atoms. The lowest BCUT2D eigenvalue weighted by Gasteiger charge is -2.42. The van der Waals surface area contributed by atoms with E-state index in [2.05, 4.69) is 0 Å². The highest BCUT2D eigenvalue weighted by atomic mass is 16.7. The Bertz CT molecular complexity index is 931. The molecular formula is C22H24O7. The Labute approximate surface area is 169 Å². The summed E-state index contributed by atoms with van der Waals surface area (Å²) in [5, 5.41) is 11.3. The van der Waals surface area contributed by atoms with E-state index in [1.165, 1.54) is 0 Å². The summed E-state index contributed by atoms with van der Waals surface area (Å²) < 4.78 is 33.8. The summed E-state index contributed by atoms with van der Waals surface area (Å²) in [7, 11) is 4.78. The number of fused-ring (bicyclic) bond motifs is 3. The molecular weight excluding hydrogens is 376 g/mol. The van der Waals surface area contributed by atoms with Crippen molar-refractivity contribution in [1.82, 2.24) is 0 Å². The van der Waals surface area contributed by atoms with Crippen molar-refractivity contribution in [3.05, 3.63) is 35.4 Å². The first-order valence-electron chi connectivity index (χ1n) is 9.73. The number of hydrogen-bond donors (Lipinski definition) is 1. The number of ether oxygens (including phenoxy) is 6. The maximum atomic E-state index is 11.3. The van der Waals surface area contributed by atoms with Crippen LogP contribution in [0.1, 0.15) is 36.3 Å². The minimum atomic E-state index is -1.22. The standard InChI is InChI=1S/C22H24O7/c1-24-18-7-12(8-19(25-2)21(18)26-3)20-13-9-16-17(28-11-27-16)10-15(13)29-22(23)6-4-5-14(20)22/h7-10,14,20,23H,4-6,11H2,1-3H3/t14-,20-,22-/m1/s1. The second-order valence-corrected chi connectivity index (χ2v) is 7.63. The van der Waals surface area contributed by atoms with E-state index in [0.717, 1.165) is 24.0 Å². The van der Waals surface area contributed by atoms with Gasteiger partial charge < -0.3 is 33.5 Å². The van der Waals surface area contributed by atoms with Crippen molar-refractivity contribution in [2.24, 2.45) is 5.92 Å². The molecule has 3 aliphatic rings. The summed E-state index contributed by atoms with van der Waals surface area (Å²) in [6.45, 7) is 0.181. The molecule has 1 N–H and O–H groups in total. The molecule has 0 unspecified atom stereocenters. The third-order valence-electron chi connectivity index (χ3n) is 6.20. The lowest BCUT2D eigenvalue weighted by atomic mass is 9.75. The van der Waals surface area contributed by atoms with Gasteiger partial charge in [-0.2, -0.15) is 0 Å². The first kappa shape index (κ1) is 18.2. The molecule has 0 amide bonds. The molecule has 154 valence electrons. The quantitative estimate of drug-likeness (QED) is 0.842. The van der Waals surface area contributed by atoms with Crippen LogP contribution in [0.15, 0.2) is 24.3 Å². The molecule has 0 bridgehead atoms. The van der Waals surface area contributed by atoms with Crippen molar-refractivity contribution < 1.29 is 33.5 Å². The average molecular weight is 400 g/mol. The summed E-state index contributed by atoms with van der Waals surface area (Å²) in [5.41, 5.74) is 1.92. The van der Waals surface area contributed by atoms with Crippen LogP contribution in [0.3, 0.4) is 0 Å². The van der Waals surface area contributed by atoms with Crippen molar-refractivity contribution in [2.75, 3.05) is 28.1 Å². The van der Waals surface area contributed by atoms with Crippen LogP contribution in [-0.2, 0) is 0 Å². The molecule has 7 heteroatoms. The van der Waals surface area contributed by atoms with Gasteiger partial charge in [0.25, 0.3) is 0 Å². The fourth-order valence-electron chi connectivity index (χ4n) is 4.91. The second kappa shape index (κ2) is 6.62. The zero-order valence-electron chi connectivity index (χ0n) is 16.7. The Balaban J connectivity index is 1.71. The van der Waals surface area contributed by atoms with E-state index >= 15 is 0 Å². The van der Waals surface area contributed by atoms with E-state index < -0.39 is 5.79 Å². The summed E-state index contributed by atoms with van der Waals surface area (Å²) >= 11 is 0. The van der Waals surface area contributed by atoms with Crippen molar-refractivity contribution >= 4 is 0 Å². The number of methoxy groups -OCH3 is 3. The highest BCUT2D eigenvalue weighted by Gasteiger charge is 2.53. The van der Waals surface area contributed by atoms with Gasteiger partial charge in [-0.05, 0) is 36.6 Å². The van der Waals surface area contributed by atoms with Gasteiger partial charge in [0.05, 0.1) is 21.3 Å². The van der Waals surface area contributed by atoms with Gasteiger partial charge in [-0.1, -0.05) is 0 Å². The predicted octanol–water partition coefficient (Wildman–Crippen LogP) is 3.45. The Morgan fingerprint density at radius 3 is 2.28 bits per heavy atom. The Morgan fingerprint density at radius 2 is 1.62 bits per heavy atom.